The second kappa shape index (κ2) is 9.00. The van der Waals surface area contributed by atoms with Gasteiger partial charge in [0.05, 0.1) is 24.6 Å². The van der Waals surface area contributed by atoms with Gasteiger partial charge in [-0.2, -0.15) is 5.10 Å². The predicted molar refractivity (Wildman–Crippen MR) is 115 cm³/mol. The summed E-state index contributed by atoms with van der Waals surface area (Å²) in [7, 11) is 1.76. The number of para-hydroxylation sites is 1. The molecule has 4 aromatic rings. The molecule has 0 N–H and O–H groups in total. The monoisotopic (exact) mass is 398 g/mol. The Labute approximate surface area is 174 Å². The highest BCUT2D eigenvalue weighted by Crippen LogP contribution is 2.10. The predicted octanol–water partition coefficient (Wildman–Crippen LogP) is 3.18. The van der Waals surface area contributed by atoms with Gasteiger partial charge >= 0.3 is 0 Å². The molecule has 2 aromatic carbocycles. The summed E-state index contributed by atoms with van der Waals surface area (Å²) >= 11 is 0. The first-order valence-electron chi connectivity index (χ1n) is 9.63. The summed E-state index contributed by atoms with van der Waals surface area (Å²) in [5.41, 5.74) is 3.72. The van der Waals surface area contributed by atoms with E-state index in [9.17, 15) is 4.79 Å². The van der Waals surface area contributed by atoms with Crippen LogP contribution in [0.25, 0.3) is 11.8 Å². The van der Waals surface area contributed by atoms with Gasteiger partial charge in [-0.25, -0.2) is 9.36 Å². The van der Waals surface area contributed by atoms with Gasteiger partial charge in [0.15, 0.2) is 0 Å². The number of benzene rings is 2. The zero-order valence-corrected chi connectivity index (χ0v) is 16.7. The number of nitrogens with zero attached hydrogens (tertiary/aromatic N) is 6. The van der Waals surface area contributed by atoms with Gasteiger partial charge in [-0.05, 0) is 23.8 Å². The second-order valence-electron chi connectivity index (χ2n) is 6.98. The van der Waals surface area contributed by atoms with Crippen molar-refractivity contribution in [2.75, 3.05) is 7.05 Å². The van der Waals surface area contributed by atoms with Crippen molar-refractivity contribution in [2.45, 2.75) is 13.1 Å². The van der Waals surface area contributed by atoms with Crippen molar-refractivity contribution in [3.05, 3.63) is 102 Å². The van der Waals surface area contributed by atoms with E-state index in [0.29, 0.717) is 18.8 Å². The van der Waals surface area contributed by atoms with Crippen LogP contribution in [-0.2, 0) is 17.9 Å². The Morgan fingerprint density at radius 1 is 1.00 bits per heavy atom. The highest BCUT2D eigenvalue weighted by Gasteiger charge is 2.09. The number of carbonyl (C=O) groups is 1. The van der Waals surface area contributed by atoms with E-state index < -0.39 is 0 Å². The fraction of sp³-hybridized carbons (Fsp3) is 0.130. The molecule has 2 aromatic heterocycles. The van der Waals surface area contributed by atoms with Gasteiger partial charge in [-0.3, -0.25) is 4.79 Å². The molecular formula is C23H22N6O. The quantitative estimate of drug-likeness (QED) is 0.449. The number of hydrogen-bond acceptors (Lipinski definition) is 4. The molecule has 30 heavy (non-hydrogen) atoms. The molecule has 0 aliphatic rings. The molecule has 7 heteroatoms. The lowest BCUT2D eigenvalue weighted by molar-refractivity contribution is -0.125. The largest absolute Gasteiger partial charge is 0.338 e. The average Bonchev–Trinajstić information content (AvgIpc) is 3.43. The summed E-state index contributed by atoms with van der Waals surface area (Å²) in [4.78, 5) is 14.1. The molecule has 0 fully saturated rings. The van der Waals surface area contributed by atoms with E-state index in [1.165, 1.54) is 6.08 Å². The Kier molecular flexibility index (Phi) is 5.80. The molecule has 0 saturated heterocycles. The number of carbonyl (C=O) groups excluding carboxylic acids is 1. The van der Waals surface area contributed by atoms with Crippen molar-refractivity contribution in [3.8, 4) is 5.69 Å². The highest BCUT2D eigenvalue weighted by atomic mass is 16.2. The van der Waals surface area contributed by atoms with Gasteiger partial charge in [-0.15, -0.1) is 5.10 Å². The minimum Gasteiger partial charge on any atom is -0.338 e. The lowest BCUT2D eigenvalue weighted by Gasteiger charge is -2.13. The SMILES string of the molecule is CN(Cc1cnn(-c2ccccc2)c1)C(=O)C=Cc1cn(Cc2ccccc2)nn1. The van der Waals surface area contributed by atoms with Crippen LogP contribution in [0.5, 0.6) is 0 Å². The molecule has 0 atom stereocenters. The van der Waals surface area contributed by atoms with E-state index in [0.717, 1.165) is 16.8 Å². The number of likely N-dealkylation sites (N-methyl/N-ethyl adjacent to an activating group) is 1. The standard InChI is InChI=1S/C23H22N6O/c1-27(15-20-14-24-29(17-20)22-10-6-3-7-11-22)23(30)13-12-21-18-28(26-25-21)16-19-8-4-2-5-9-19/h2-14,17-18H,15-16H2,1H3. The summed E-state index contributed by atoms with van der Waals surface area (Å²) in [6.07, 6.45) is 8.72. The molecule has 0 saturated carbocycles. The Morgan fingerprint density at radius 2 is 1.73 bits per heavy atom. The summed E-state index contributed by atoms with van der Waals surface area (Å²) in [5.74, 6) is -0.111. The zero-order valence-electron chi connectivity index (χ0n) is 16.7. The fourth-order valence-corrected chi connectivity index (χ4v) is 3.04. The zero-order chi connectivity index (χ0) is 20.8. The first-order chi connectivity index (χ1) is 14.7. The van der Waals surface area contributed by atoms with E-state index in [1.807, 2.05) is 73.1 Å². The molecule has 2 heterocycles. The van der Waals surface area contributed by atoms with Gasteiger partial charge in [0, 0.05) is 31.4 Å². The Bertz CT molecular complexity index is 1130. The van der Waals surface area contributed by atoms with E-state index in [1.54, 1.807) is 33.6 Å². The van der Waals surface area contributed by atoms with E-state index in [-0.39, 0.29) is 5.91 Å². The molecule has 0 bridgehead atoms. The van der Waals surface area contributed by atoms with Crippen molar-refractivity contribution in [1.82, 2.24) is 29.7 Å². The molecule has 0 radical (unpaired) electrons. The Morgan fingerprint density at radius 3 is 2.50 bits per heavy atom. The van der Waals surface area contributed by atoms with Crippen LogP contribution in [0.4, 0.5) is 0 Å². The van der Waals surface area contributed by atoms with Crippen molar-refractivity contribution in [3.63, 3.8) is 0 Å². The molecular weight excluding hydrogens is 376 g/mol. The van der Waals surface area contributed by atoms with Gasteiger partial charge in [0.2, 0.25) is 5.91 Å². The van der Waals surface area contributed by atoms with E-state index in [2.05, 4.69) is 15.4 Å². The lowest BCUT2D eigenvalue weighted by atomic mass is 10.2. The highest BCUT2D eigenvalue weighted by molar-refractivity contribution is 5.91. The van der Waals surface area contributed by atoms with Crippen LogP contribution in [0, 0.1) is 0 Å². The summed E-state index contributed by atoms with van der Waals surface area (Å²) < 4.78 is 3.55. The van der Waals surface area contributed by atoms with Gasteiger partial charge < -0.3 is 4.90 Å². The third-order valence-electron chi connectivity index (χ3n) is 4.59. The van der Waals surface area contributed by atoms with Crippen LogP contribution in [0.15, 0.2) is 85.3 Å². The minimum absolute atomic E-state index is 0.111. The maximum atomic E-state index is 12.5. The van der Waals surface area contributed by atoms with Crippen LogP contribution in [0.1, 0.15) is 16.8 Å². The lowest BCUT2D eigenvalue weighted by Crippen LogP contribution is -2.23. The van der Waals surface area contributed by atoms with Crippen LogP contribution >= 0.6 is 0 Å². The molecule has 0 aliphatic carbocycles. The topological polar surface area (TPSA) is 68.8 Å². The van der Waals surface area contributed by atoms with Crippen LogP contribution < -0.4 is 0 Å². The van der Waals surface area contributed by atoms with Crippen LogP contribution in [-0.4, -0.2) is 42.6 Å². The molecule has 0 spiro atoms. The van der Waals surface area contributed by atoms with Crippen molar-refractivity contribution in [2.24, 2.45) is 0 Å². The molecule has 0 aliphatic heterocycles. The van der Waals surface area contributed by atoms with E-state index >= 15 is 0 Å². The normalized spacial score (nSPS) is 11.1. The summed E-state index contributed by atoms with van der Waals surface area (Å²) in [6.45, 7) is 1.11. The first-order valence-corrected chi connectivity index (χ1v) is 9.63. The number of aromatic nitrogens is 5. The fourth-order valence-electron chi connectivity index (χ4n) is 3.04. The van der Waals surface area contributed by atoms with Crippen LogP contribution in [0.3, 0.4) is 0 Å². The number of rotatable bonds is 7. The Hall–Kier alpha value is -4.00. The number of hydrogen-bond donors (Lipinski definition) is 0. The number of amides is 1. The van der Waals surface area contributed by atoms with Crippen molar-refractivity contribution < 1.29 is 4.79 Å². The maximum Gasteiger partial charge on any atom is 0.246 e. The molecule has 0 unspecified atom stereocenters. The van der Waals surface area contributed by atoms with Crippen LogP contribution in [0.2, 0.25) is 0 Å². The Balaban J connectivity index is 1.33. The third-order valence-corrected chi connectivity index (χ3v) is 4.59. The van der Waals surface area contributed by atoms with E-state index in [4.69, 9.17) is 0 Å². The minimum atomic E-state index is -0.111. The first kappa shape index (κ1) is 19.3. The second-order valence-corrected chi connectivity index (χ2v) is 6.98. The van der Waals surface area contributed by atoms with Gasteiger partial charge in [-0.1, -0.05) is 53.7 Å². The molecule has 4 rings (SSSR count). The van der Waals surface area contributed by atoms with Gasteiger partial charge in [0.1, 0.15) is 5.69 Å². The van der Waals surface area contributed by atoms with Crippen molar-refractivity contribution >= 4 is 12.0 Å². The summed E-state index contributed by atoms with van der Waals surface area (Å²) in [6, 6.07) is 19.9. The molecule has 1 amide bonds. The van der Waals surface area contributed by atoms with Gasteiger partial charge in [0.25, 0.3) is 0 Å². The summed E-state index contributed by atoms with van der Waals surface area (Å²) in [5, 5.41) is 12.6. The third kappa shape index (κ3) is 4.88. The molecule has 150 valence electrons. The smallest absolute Gasteiger partial charge is 0.246 e. The maximum absolute atomic E-state index is 12.5. The molecule has 7 nitrogen and oxygen atoms in total. The average molecular weight is 398 g/mol. The van der Waals surface area contributed by atoms with Crippen molar-refractivity contribution in [1.29, 1.82) is 0 Å².